The lowest BCUT2D eigenvalue weighted by Crippen LogP contribution is -2.47. The van der Waals surface area contributed by atoms with Crippen molar-refractivity contribution in [3.05, 3.63) is 63.1 Å². The summed E-state index contributed by atoms with van der Waals surface area (Å²) >= 11 is 20.2. The molecule has 0 bridgehead atoms. The summed E-state index contributed by atoms with van der Waals surface area (Å²) in [4.78, 5) is 28.3. The Hall–Kier alpha value is -1.40. The predicted octanol–water partition coefficient (Wildman–Crippen LogP) is 6.46. The van der Waals surface area contributed by atoms with E-state index in [9.17, 15) is 9.59 Å². The topological polar surface area (TPSA) is 49.4 Å². The van der Waals surface area contributed by atoms with E-state index in [2.05, 4.69) is 5.32 Å². The van der Waals surface area contributed by atoms with Crippen molar-refractivity contribution in [2.75, 3.05) is 12.3 Å². The van der Waals surface area contributed by atoms with Gasteiger partial charge in [-0.15, -0.1) is 11.8 Å². The van der Waals surface area contributed by atoms with E-state index in [4.69, 9.17) is 34.8 Å². The molecular weight excluding hydrogens is 475 g/mol. The van der Waals surface area contributed by atoms with Gasteiger partial charge in [0.25, 0.3) is 0 Å². The molecule has 0 radical (unpaired) electrons. The summed E-state index contributed by atoms with van der Waals surface area (Å²) in [6.45, 7) is 4.46. The van der Waals surface area contributed by atoms with E-state index in [0.29, 0.717) is 40.0 Å². The fourth-order valence-electron chi connectivity index (χ4n) is 2.92. The fraction of sp³-hybridized carbons (Fsp3) is 0.391. The predicted molar refractivity (Wildman–Crippen MR) is 131 cm³/mol. The molecule has 1 N–H and O–H groups in total. The highest BCUT2D eigenvalue weighted by molar-refractivity contribution is 7.99. The number of benzene rings is 2. The van der Waals surface area contributed by atoms with Crippen LogP contribution in [0.1, 0.15) is 38.7 Å². The van der Waals surface area contributed by atoms with Gasteiger partial charge in [0, 0.05) is 45.0 Å². The molecular formula is C23H27Cl3N2O2S. The summed E-state index contributed by atoms with van der Waals surface area (Å²) < 4.78 is 0. The van der Waals surface area contributed by atoms with Crippen molar-refractivity contribution in [3.8, 4) is 0 Å². The van der Waals surface area contributed by atoms with Crippen LogP contribution in [0, 0.1) is 0 Å². The molecule has 0 aliphatic heterocycles. The van der Waals surface area contributed by atoms with Gasteiger partial charge in [-0.1, -0.05) is 47.8 Å². The van der Waals surface area contributed by atoms with Crippen LogP contribution >= 0.6 is 46.6 Å². The molecule has 168 valence electrons. The van der Waals surface area contributed by atoms with Gasteiger partial charge in [0.15, 0.2) is 0 Å². The fourth-order valence-corrected chi connectivity index (χ4v) is 4.42. The summed E-state index contributed by atoms with van der Waals surface area (Å²) in [5, 5.41) is 4.51. The monoisotopic (exact) mass is 500 g/mol. The highest BCUT2D eigenvalue weighted by Crippen LogP contribution is 2.27. The van der Waals surface area contributed by atoms with E-state index in [1.165, 1.54) is 0 Å². The van der Waals surface area contributed by atoms with Gasteiger partial charge in [-0.05, 0) is 61.9 Å². The Morgan fingerprint density at radius 3 is 2.32 bits per heavy atom. The van der Waals surface area contributed by atoms with E-state index in [1.807, 2.05) is 31.2 Å². The van der Waals surface area contributed by atoms with Crippen LogP contribution in [0.25, 0.3) is 0 Å². The maximum atomic E-state index is 13.1. The average Bonchev–Trinajstić information content (AvgIpc) is 2.75. The lowest BCUT2D eigenvalue weighted by Gasteiger charge is -2.29. The van der Waals surface area contributed by atoms with Gasteiger partial charge in [0.05, 0.1) is 0 Å². The van der Waals surface area contributed by atoms with Crippen LogP contribution in [0.2, 0.25) is 15.1 Å². The number of hydrogen-bond acceptors (Lipinski definition) is 3. The molecule has 0 heterocycles. The Bertz CT molecular complexity index is 857. The van der Waals surface area contributed by atoms with Gasteiger partial charge in [-0.25, -0.2) is 0 Å². The maximum absolute atomic E-state index is 13.1. The molecule has 2 amide bonds. The lowest BCUT2D eigenvalue weighted by molar-refractivity contribution is -0.140. The quantitative estimate of drug-likeness (QED) is 0.284. The molecule has 8 heteroatoms. The molecule has 2 aromatic carbocycles. The number of amides is 2. The van der Waals surface area contributed by atoms with Crippen molar-refractivity contribution < 1.29 is 9.59 Å². The van der Waals surface area contributed by atoms with Crippen LogP contribution < -0.4 is 5.32 Å². The Labute approximate surface area is 203 Å². The molecule has 2 aromatic rings. The van der Waals surface area contributed by atoms with Crippen LogP contribution in [0.3, 0.4) is 0 Å². The zero-order chi connectivity index (χ0) is 22.8. The third-order valence-electron chi connectivity index (χ3n) is 4.72. The second kappa shape index (κ2) is 13.2. The lowest BCUT2D eigenvalue weighted by atomic mass is 10.1. The molecule has 0 aliphatic rings. The van der Waals surface area contributed by atoms with Crippen molar-refractivity contribution in [1.82, 2.24) is 10.2 Å². The summed E-state index contributed by atoms with van der Waals surface area (Å²) in [6.07, 6.45) is 1.83. The number of nitrogens with zero attached hydrogens (tertiary/aromatic N) is 1. The van der Waals surface area contributed by atoms with Crippen LogP contribution in [-0.2, 0) is 16.1 Å². The van der Waals surface area contributed by atoms with Crippen molar-refractivity contribution in [3.63, 3.8) is 0 Å². The SMILES string of the molecule is CCCNC(=O)[C@H](C)N(Cc1c(Cl)cccc1Cl)C(=O)CCCSc1ccc(Cl)cc1. The Balaban J connectivity index is 2.04. The molecule has 0 aromatic heterocycles. The first-order chi connectivity index (χ1) is 14.8. The van der Waals surface area contributed by atoms with Gasteiger partial charge >= 0.3 is 0 Å². The van der Waals surface area contributed by atoms with Crippen LogP contribution in [-0.4, -0.2) is 35.1 Å². The summed E-state index contributed by atoms with van der Waals surface area (Å²) in [6, 6.07) is 12.2. The van der Waals surface area contributed by atoms with Crippen molar-refractivity contribution >= 4 is 58.4 Å². The summed E-state index contributed by atoms with van der Waals surface area (Å²) in [5.41, 5.74) is 0.643. The third kappa shape index (κ3) is 8.23. The highest BCUT2D eigenvalue weighted by Gasteiger charge is 2.26. The summed E-state index contributed by atoms with van der Waals surface area (Å²) in [5.74, 6) is 0.491. The Morgan fingerprint density at radius 1 is 1.06 bits per heavy atom. The van der Waals surface area contributed by atoms with E-state index < -0.39 is 6.04 Å². The Kier molecular flexibility index (Phi) is 11.0. The number of thioether (sulfide) groups is 1. The minimum Gasteiger partial charge on any atom is -0.354 e. The molecule has 2 rings (SSSR count). The molecule has 0 unspecified atom stereocenters. The van der Waals surface area contributed by atoms with E-state index in [0.717, 1.165) is 17.1 Å². The summed E-state index contributed by atoms with van der Waals surface area (Å²) in [7, 11) is 0. The second-order valence-corrected chi connectivity index (χ2v) is 9.51. The first kappa shape index (κ1) is 25.9. The highest BCUT2D eigenvalue weighted by atomic mass is 35.5. The van der Waals surface area contributed by atoms with E-state index >= 15 is 0 Å². The molecule has 0 fully saturated rings. The molecule has 0 saturated carbocycles. The van der Waals surface area contributed by atoms with Gasteiger partial charge < -0.3 is 10.2 Å². The van der Waals surface area contributed by atoms with E-state index in [1.54, 1.807) is 41.8 Å². The number of carbonyl (C=O) groups excluding carboxylic acids is 2. The smallest absolute Gasteiger partial charge is 0.242 e. The molecule has 4 nitrogen and oxygen atoms in total. The number of nitrogens with one attached hydrogen (secondary N) is 1. The zero-order valence-electron chi connectivity index (χ0n) is 17.7. The van der Waals surface area contributed by atoms with Gasteiger partial charge in [-0.2, -0.15) is 0 Å². The van der Waals surface area contributed by atoms with Crippen LogP contribution in [0.4, 0.5) is 0 Å². The zero-order valence-corrected chi connectivity index (χ0v) is 20.8. The molecule has 0 saturated heterocycles. The van der Waals surface area contributed by atoms with Crippen molar-refractivity contribution in [1.29, 1.82) is 0 Å². The average molecular weight is 502 g/mol. The second-order valence-electron chi connectivity index (χ2n) is 7.09. The standard InChI is InChI=1S/C23H27Cl3N2O2S/c1-3-13-27-23(30)16(2)28(15-19-20(25)6-4-7-21(19)26)22(29)8-5-14-31-18-11-9-17(24)10-12-18/h4,6-7,9-12,16H,3,5,8,13-15H2,1-2H3,(H,27,30)/t16-/m0/s1. The molecule has 31 heavy (non-hydrogen) atoms. The van der Waals surface area contributed by atoms with Gasteiger partial charge in [-0.3, -0.25) is 9.59 Å². The largest absolute Gasteiger partial charge is 0.354 e. The first-order valence-electron chi connectivity index (χ1n) is 10.2. The Morgan fingerprint density at radius 2 is 1.71 bits per heavy atom. The third-order valence-corrected chi connectivity index (χ3v) is 6.78. The molecule has 1 atom stereocenters. The minimum absolute atomic E-state index is 0.105. The molecule has 0 spiro atoms. The number of carbonyl (C=O) groups is 2. The normalized spacial score (nSPS) is 11.8. The van der Waals surface area contributed by atoms with Crippen LogP contribution in [0.5, 0.6) is 0 Å². The minimum atomic E-state index is -0.629. The number of rotatable bonds is 11. The maximum Gasteiger partial charge on any atom is 0.242 e. The first-order valence-corrected chi connectivity index (χ1v) is 12.3. The van der Waals surface area contributed by atoms with Gasteiger partial charge in [0.1, 0.15) is 6.04 Å². The van der Waals surface area contributed by atoms with Crippen molar-refractivity contribution in [2.45, 2.75) is 50.6 Å². The molecule has 0 aliphatic carbocycles. The van der Waals surface area contributed by atoms with Crippen molar-refractivity contribution in [2.24, 2.45) is 0 Å². The van der Waals surface area contributed by atoms with Crippen LogP contribution in [0.15, 0.2) is 47.4 Å². The van der Waals surface area contributed by atoms with E-state index in [-0.39, 0.29) is 18.4 Å². The number of halogens is 3. The van der Waals surface area contributed by atoms with Gasteiger partial charge in [0.2, 0.25) is 11.8 Å². The number of hydrogen-bond donors (Lipinski definition) is 1.